The van der Waals surface area contributed by atoms with Gasteiger partial charge in [-0.15, -0.1) is 0 Å². The second-order valence-electron chi connectivity index (χ2n) is 8.87. The maximum absolute atomic E-state index is 13.1. The summed E-state index contributed by atoms with van der Waals surface area (Å²) >= 11 is 0. The largest absolute Gasteiger partial charge is 0.469 e. The minimum atomic E-state index is -0.886. The number of aliphatic hydroxyl groups is 1. The van der Waals surface area contributed by atoms with Gasteiger partial charge in [-0.3, -0.25) is 9.59 Å². The smallest absolute Gasteiger partial charge is 0.305 e. The summed E-state index contributed by atoms with van der Waals surface area (Å²) in [5.74, 6) is -0.275. The summed E-state index contributed by atoms with van der Waals surface area (Å²) in [5, 5.41) is 15.7. The lowest BCUT2D eigenvalue weighted by Crippen LogP contribution is -2.45. The van der Waals surface area contributed by atoms with Gasteiger partial charge in [-0.05, 0) is 68.5 Å². The third kappa shape index (κ3) is 4.75. The van der Waals surface area contributed by atoms with Crippen molar-refractivity contribution >= 4 is 11.9 Å². The van der Waals surface area contributed by atoms with Crippen molar-refractivity contribution in [1.29, 1.82) is 0 Å². The van der Waals surface area contributed by atoms with E-state index in [1.807, 2.05) is 73.1 Å². The van der Waals surface area contributed by atoms with Gasteiger partial charge >= 0.3 is 5.97 Å². The van der Waals surface area contributed by atoms with Gasteiger partial charge < -0.3 is 14.7 Å². The zero-order chi connectivity index (χ0) is 24.3. The number of piperidine rings is 1. The number of rotatable bonds is 6. The van der Waals surface area contributed by atoms with Crippen LogP contribution in [0.5, 0.6) is 0 Å². The summed E-state index contributed by atoms with van der Waals surface area (Å²) in [6.45, 7) is 4.92. The third-order valence-electron chi connectivity index (χ3n) is 6.80. The molecule has 0 saturated carbocycles. The molecule has 1 N–H and O–H groups in total. The van der Waals surface area contributed by atoms with E-state index in [4.69, 9.17) is 4.74 Å². The van der Waals surface area contributed by atoms with E-state index in [0.29, 0.717) is 44.3 Å². The number of hydrogen-bond donors (Lipinski definition) is 1. The second kappa shape index (κ2) is 9.81. The van der Waals surface area contributed by atoms with Crippen LogP contribution in [0.2, 0.25) is 0 Å². The van der Waals surface area contributed by atoms with E-state index in [1.165, 1.54) is 7.11 Å². The van der Waals surface area contributed by atoms with Crippen LogP contribution in [0.4, 0.5) is 0 Å². The number of methoxy groups -OCH3 is 1. The zero-order valence-corrected chi connectivity index (χ0v) is 20.0. The lowest BCUT2D eigenvalue weighted by molar-refractivity contribution is -0.140. The third-order valence-corrected chi connectivity index (χ3v) is 6.80. The molecule has 2 heterocycles. The van der Waals surface area contributed by atoms with Gasteiger partial charge in [0.2, 0.25) is 0 Å². The Balaban J connectivity index is 1.43. The van der Waals surface area contributed by atoms with Gasteiger partial charge in [0, 0.05) is 30.8 Å². The first-order valence-corrected chi connectivity index (χ1v) is 11.6. The van der Waals surface area contributed by atoms with Gasteiger partial charge in [-0.25, -0.2) is 4.68 Å². The molecule has 0 unspecified atom stereocenters. The van der Waals surface area contributed by atoms with Gasteiger partial charge in [-0.1, -0.05) is 30.3 Å². The molecule has 3 aromatic rings. The van der Waals surface area contributed by atoms with Crippen molar-refractivity contribution in [2.75, 3.05) is 20.2 Å². The topological polar surface area (TPSA) is 84.7 Å². The van der Waals surface area contributed by atoms with Crippen molar-refractivity contribution in [3.63, 3.8) is 0 Å². The molecule has 0 spiro atoms. The molecule has 2 aromatic carbocycles. The molecule has 1 aliphatic heterocycles. The normalized spacial score (nSPS) is 15.2. The molecule has 1 aromatic heterocycles. The standard InChI is InChI=1S/C27H31N3O4/c1-19-24(13-14-25(31)34-3)20(2)30(28-19)23-11-9-21(10-12-23)26(32)29-17-15-27(33,16-18-29)22-7-5-4-6-8-22/h4-12,33H,13-18H2,1-3H3. The lowest BCUT2D eigenvalue weighted by atomic mass is 9.84. The molecule has 178 valence electrons. The lowest BCUT2D eigenvalue weighted by Gasteiger charge is -2.38. The monoisotopic (exact) mass is 461 g/mol. The molecule has 4 rings (SSSR count). The van der Waals surface area contributed by atoms with Crippen LogP contribution in [0, 0.1) is 13.8 Å². The van der Waals surface area contributed by atoms with Crippen LogP contribution in [0.25, 0.3) is 5.69 Å². The summed E-state index contributed by atoms with van der Waals surface area (Å²) in [4.78, 5) is 26.4. The van der Waals surface area contributed by atoms with Crippen LogP contribution in [-0.2, 0) is 21.6 Å². The second-order valence-corrected chi connectivity index (χ2v) is 8.87. The molecule has 0 radical (unpaired) electrons. The number of aromatic nitrogens is 2. The van der Waals surface area contributed by atoms with Crippen LogP contribution < -0.4 is 0 Å². The van der Waals surface area contributed by atoms with Crippen molar-refractivity contribution in [2.24, 2.45) is 0 Å². The van der Waals surface area contributed by atoms with Crippen LogP contribution in [0.15, 0.2) is 54.6 Å². The predicted molar refractivity (Wildman–Crippen MR) is 129 cm³/mol. The van der Waals surface area contributed by atoms with E-state index >= 15 is 0 Å². The Bertz CT molecular complexity index is 1160. The molecule has 0 aliphatic carbocycles. The number of nitrogens with zero attached hydrogens (tertiary/aromatic N) is 3. The average molecular weight is 462 g/mol. The molecule has 7 nitrogen and oxygen atoms in total. The van der Waals surface area contributed by atoms with Crippen LogP contribution >= 0.6 is 0 Å². The zero-order valence-electron chi connectivity index (χ0n) is 20.0. The van der Waals surface area contributed by atoms with Crippen LogP contribution in [0.1, 0.15) is 52.1 Å². The van der Waals surface area contributed by atoms with Gasteiger partial charge in [0.1, 0.15) is 0 Å². The number of esters is 1. The Morgan fingerprint density at radius 1 is 1.03 bits per heavy atom. The summed E-state index contributed by atoms with van der Waals surface area (Å²) < 4.78 is 6.59. The average Bonchev–Trinajstić information content (AvgIpc) is 3.16. The fourth-order valence-electron chi connectivity index (χ4n) is 4.66. The van der Waals surface area contributed by atoms with E-state index in [-0.39, 0.29) is 11.9 Å². The maximum Gasteiger partial charge on any atom is 0.305 e. The van der Waals surface area contributed by atoms with Gasteiger partial charge in [-0.2, -0.15) is 5.10 Å². The maximum atomic E-state index is 13.1. The van der Waals surface area contributed by atoms with E-state index in [9.17, 15) is 14.7 Å². The van der Waals surface area contributed by atoms with Crippen molar-refractivity contribution in [2.45, 2.75) is 45.1 Å². The van der Waals surface area contributed by atoms with Crippen molar-refractivity contribution in [3.05, 3.63) is 82.7 Å². The molecular formula is C27H31N3O4. The summed E-state index contributed by atoms with van der Waals surface area (Å²) in [7, 11) is 1.39. The number of carbonyl (C=O) groups excluding carboxylic acids is 2. The number of likely N-dealkylation sites (tertiary alicyclic amines) is 1. The van der Waals surface area contributed by atoms with E-state index in [1.54, 1.807) is 4.90 Å². The number of aryl methyl sites for hydroxylation is 1. The highest BCUT2D eigenvalue weighted by Gasteiger charge is 2.35. The number of ether oxygens (including phenoxy) is 1. The Morgan fingerprint density at radius 2 is 1.68 bits per heavy atom. The molecular weight excluding hydrogens is 430 g/mol. The fraction of sp³-hybridized carbons (Fsp3) is 0.370. The highest BCUT2D eigenvalue weighted by molar-refractivity contribution is 5.94. The molecule has 0 bridgehead atoms. The fourth-order valence-corrected chi connectivity index (χ4v) is 4.66. The van der Waals surface area contributed by atoms with Crippen molar-refractivity contribution < 1.29 is 19.4 Å². The Morgan fingerprint density at radius 3 is 2.29 bits per heavy atom. The molecule has 34 heavy (non-hydrogen) atoms. The number of carbonyl (C=O) groups is 2. The summed E-state index contributed by atoms with van der Waals surface area (Å²) in [6, 6.07) is 17.1. The molecule has 0 atom stereocenters. The molecule has 7 heteroatoms. The number of hydrogen-bond acceptors (Lipinski definition) is 5. The first kappa shape index (κ1) is 23.7. The molecule has 1 fully saturated rings. The minimum absolute atomic E-state index is 0.0335. The van der Waals surface area contributed by atoms with Gasteiger partial charge in [0.05, 0.1) is 24.1 Å². The molecule has 1 saturated heterocycles. The Hall–Kier alpha value is -3.45. The molecule has 1 amide bonds. The SMILES string of the molecule is COC(=O)CCc1c(C)nn(-c2ccc(C(=O)N3CCC(O)(c4ccccc4)CC3)cc2)c1C. The van der Waals surface area contributed by atoms with Crippen LogP contribution in [-0.4, -0.2) is 51.9 Å². The number of amides is 1. The van der Waals surface area contributed by atoms with Gasteiger partial charge in [0.25, 0.3) is 5.91 Å². The minimum Gasteiger partial charge on any atom is -0.469 e. The first-order valence-electron chi connectivity index (χ1n) is 11.6. The summed E-state index contributed by atoms with van der Waals surface area (Å²) in [6.07, 6.45) is 1.92. The van der Waals surface area contributed by atoms with E-state index in [2.05, 4.69) is 5.10 Å². The Labute approximate surface area is 200 Å². The van der Waals surface area contributed by atoms with Crippen molar-refractivity contribution in [1.82, 2.24) is 14.7 Å². The summed E-state index contributed by atoms with van der Waals surface area (Å²) in [5.41, 5.74) is 4.37. The predicted octanol–water partition coefficient (Wildman–Crippen LogP) is 3.72. The van der Waals surface area contributed by atoms with Crippen LogP contribution in [0.3, 0.4) is 0 Å². The highest BCUT2D eigenvalue weighted by Crippen LogP contribution is 2.33. The first-order chi connectivity index (χ1) is 16.3. The number of benzene rings is 2. The quantitative estimate of drug-likeness (QED) is 0.566. The van der Waals surface area contributed by atoms with E-state index in [0.717, 1.165) is 28.2 Å². The van der Waals surface area contributed by atoms with Crippen molar-refractivity contribution in [3.8, 4) is 5.69 Å². The van der Waals surface area contributed by atoms with E-state index < -0.39 is 5.60 Å². The molecule has 1 aliphatic rings. The highest BCUT2D eigenvalue weighted by atomic mass is 16.5. The Kier molecular flexibility index (Phi) is 6.84. The van der Waals surface area contributed by atoms with Gasteiger partial charge in [0.15, 0.2) is 0 Å².